The van der Waals surface area contributed by atoms with Crippen molar-refractivity contribution in [2.45, 2.75) is 0 Å². The molecule has 0 radical (unpaired) electrons. The van der Waals surface area contributed by atoms with Gasteiger partial charge < -0.3 is 15.1 Å². The number of phenols is 1. The van der Waals surface area contributed by atoms with Gasteiger partial charge in [-0.05, 0) is 75.0 Å². The molecule has 108 valence electrons. The average molecular weight is 509 g/mol. The Labute approximate surface area is 147 Å². The van der Waals surface area contributed by atoms with Gasteiger partial charge in [0.05, 0.1) is 13.4 Å². The van der Waals surface area contributed by atoms with Gasteiger partial charge in [-0.15, -0.1) is 0 Å². The van der Waals surface area contributed by atoms with Crippen LogP contribution < -0.4 is 4.84 Å². The van der Waals surface area contributed by atoms with E-state index in [1.807, 2.05) is 45.2 Å². The number of nitrogens with zero attached hydrogens (tertiary/aromatic N) is 1. The van der Waals surface area contributed by atoms with E-state index >= 15 is 0 Å². The third-order valence-corrected chi connectivity index (χ3v) is 4.15. The highest BCUT2D eigenvalue weighted by molar-refractivity contribution is 14.1. The number of halogens is 2. The number of carboxylic acid groups (broad SMARTS) is 1. The summed E-state index contributed by atoms with van der Waals surface area (Å²) in [6.45, 7) is 0. The van der Waals surface area contributed by atoms with Crippen LogP contribution in [0.4, 0.5) is 0 Å². The molecule has 0 bridgehead atoms. The molecule has 2 aromatic carbocycles. The number of carbonyl (C=O) groups is 1. The number of oxime groups is 1. The second kappa shape index (κ2) is 7.07. The van der Waals surface area contributed by atoms with Gasteiger partial charge in [0.25, 0.3) is 0 Å². The molecule has 2 aromatic rings. The molecule has 0 spiro atoms. The molecule has 2 N–H and O–H groups in total. The lowest BCUT2D eigenvalue weighted by Crippen LogP contribution is -1.99. The van der Waals surface area contributed by atoms with Gasteiger partial charge in [-0.25, -0.2) is 4.79 Å². The monoisotopic (exact) mass is 509 g/mol. The summed E-state index contributed by atoms with van der Waals surface area (Å²) in [6, 6.07) is 9.75. The second-order valence-corrected chi connectivity index (χ2v) is 6.28. The molecule has 0 amide bonds. The smallest absolute Gasteiger partial charge is 0.339 e. The van der Waals surface area contributed by atoms with Crippen molar-refractivity contribution < 1.29 is 19.8 Å². The van der Waals surface area contributed by atoms with Crippen LogP contribution in [0.3, 0.4) is 0 Å². The van der Waals surface area contributed by atoms with Gasteiger partial charge in [-0.2, -0.15) is 0 Å². The highest BCUT2D eigenvalue weighted by Crippen LogP contribution is 2.26. The standard InChI is InChI=1S/C14H9I2NO4/c15-10-5-8(6-11(16)13(10)18)7-17-21-12-4-2-1-3-9(12)14(19)20/h1-7,18H,(H,19,20)/b17-7+. The van der Waals surface area contributed by atoms with Crippen LogP contribution in [0.15, 0.2) is 41.6 Å². The Kier molecular flexibility index (Phi) is 5.39. The summed E-state index contributed by atoms with van der Waals surface area (Å²) in [7, 11) is 0. The van der Waals surface area contributed by atoms with E-state index in [0.717, 1.165) is 5.56 Å². The number of hydrogen-bond acceptors (Lipinski definition) is 4. The molecule has 5 nitrogen and oxygen atoms in total. The highest BCUT2D eigenvalue weighted by atomic mass is 127. The number of hydrogen-bond donors (Lipinski definition) is 2. The van der Waals surface area contributed by atoms with E-state index in [1.165, 1.54) is 18.3 Å². The van der Waals surface area contributed by atoms with Gasteiger partial charge >= 0.3 is 5.97 Å². The van der Waals surface area contributed by atoms with E-state index in [-0.39, 0.29) is 17.1 Å². The van der Waals surface area contributed by atoms with Crippen molar-refractivity contribution in [1.82, 2.24) is 0 Å². The first-order valence-electron chi connectivity index (χ1n) is 5.69. The topological polar surface area (TPSA) is 79.1 Å². The van der Waals surface area contributed by atoms with Crippen LogP contribution >= 0.6 is 45.2 Å². The number of aromatic hydroxyl groups is 1. The third-order valence-electron chi connectivity index (χ3n) is 2.51. The van der Waals surface area contributed by atoms with Gasteiger partial charge in [0, 0.05) is 0 Å². The molecule has 0 aliphatic heterocycles. The predicted octanol–water partition coefficient (Wildman–Crippen LogP) is 3.71. The summed E-state index contributed by atoms with van der Waals surface area (Å²) >= 11 is 4.04. The molecule has 0 heterocycles. The molecule has 7 heteroatoms. The number of aromatic carboxylic acids is 1. The molecule has 0 saturated carbocycles. The van der Waals surface area contributed by atoms with Crippen molar-refractivity contribution in [3.63, 3.8) is 0 Å². The van der Waals surface area contributed by atoms with Crippen LogP contribution in [0.5, 0.6) is 11.5 Å². The summed E-state index contributed by atoms with van der Waals surface area (Å²) in [4.78, 5) is 16.2. The molecule has 0 aliphatic rings. The fourth-order valence-corrected chi connectivity index (χ4v) is 3.34. The van der Waals surface area contributed by atoms with Gasteiger partial charge in [0.15, 0.2) is 5.75 Å². The Hall–Kier alpha value is -1.36. The van der Waals surface area contributed by atoms with Crippen LogP contribution in [0.1, 0.15) is 15.9 Å². The second-order valence-electron chi connectivity index (χ2n) is 3.96. The fourth-order valence-electron chi connectivity index (χ4n) is 1.53. The minimum atomic E-state index is -1.07. The first kappa shape index (κ1) is 16.0. The summed E-state index contributed by atoms with van der Waals surface area (Å²) in [5.41, 5.74) is 0.791. The van der Waals surface area contributed by atoms with Crippen LogP contribution in [-0.4, -0.2) is 22.4 Å². The first-order chi connectivity index (χ1) is 9.99. The van der Waals surface area contributed by atoms with Crippen LogP contribution in [-0.2, 0) is 0 Å². The summed E-state index contributed by atoms with van der Waals surface area (Å²) in [6.07, 6.45) is 1.46. The van der Waals surface area contributed by atoms with E-state index in [2.05, 4.69) is 5.16 Å². The molecule has 0 aliphatic carbocycles. The lowest BCUT2D eigenvalue weighted by atomic mass is 10.2. The largest absolute Gasteiger partial charge is 0.506 e. The summed E-state index contributed by atoms with van der Waals surface area (Å²) < 4.78 is 1.40. The maximum Gasteiger partial charge on any atom is 0.339 e. The van der Waals surface area contributed by atoms with Crippen molar-refractivity contribution in [2.24, 2.45) is 5.16 Å². The highest BCUT2D eigenvalue weighted by Gasteiger charge is 2.10. The Morgan fingerprint density at radius 2 is 1.81 bits per heavy atom. The fraction of sp³-hybridized carbons (Fsp3) is 0. The maximum atomic E-state index is 11.0. The maximum absolute atomic E-state index is 11.0. The third kappa shape index (κ3) is 4.06. The van der Waals surface area contributed by atoms with E-state index < -0.39 is 5.97 Å². The van der Waals surface area contributed by atoms with E-state index in [0.29, 0.717) is 7.14 Å². The molecular weight excluding hydrogens is 500 g/mol. The number of phenolic OH excluding ortho intramolecular Hbond substituents is 1. The molecule has 0 unspecified atom stereocenters. The Bertz CT molecular complexity index is 693. The quantitative estimate of drug-likeness (QED) is 0.375. The molecule has 0 saturated heterocycles. The average Bonchev–Trinajstić information content (AvgIpc) is 2.45. The molecular formula is C14H9I2NO4. The number of rotatable bonds is 4. The van der Waals surface area contributed by atoms with Gasteiger partial charge in [-0.1, -0.05) is 17.3 Å². The van der Waals surface area contributed by atoms with E-state index in [4.69, 9.17) is 9.94 Å². The summed E-state index contributed by atoms with van der Waals surface area (Å²) in [5.74, 6) is -0.676. The molecule has 2 rings (SSSR count). The van der Waals surface area contributed by atoms with Crippen LogP contribution in [0, 0.1) is 7.14 Å². The van der Waals surface area contributed by atoms with Gasteiger partial charge in [0.2, 0.25) is 0 Å². The van der Waals surface area contributed by atoms with E-state index in [1.54, 1.807) is 24.3 Å². The SMILES string of the molecule is O=C(O)c1ccccc1O/N=C/c1cc(I)c(O)c(I)c1. The van der Waals surface area contributed by atoms with Crippen molar-refractivity contribution >= 4 is 57.4 Å². The zero-order valence-electron chi connectivity index (χ0n) is 10.5. The minimum absolute atomic E-state index is 0.0458. The number of para-hydroxylation sites is 1. The van der Waals surface area contributed by atoms with Crippen LogP contribution in [0.2, 0.25) is 0 Å². The molecule has 0 fully saturated rings. The lowest BCUT2D eigenvalue weighted by Gasteiger charge is -2.03. The molecule has 0 atom stereocenters. The minimum Gasteiger partial charge on any atom is -0.506 e. The molecule has 21 heavy (non-hydrogen) atoms. The van der Waals surface area contributed by atoms with Crippen molar-refractivity contribution in [3.05, 3.63) is 54.7 Å². The van der Waals surface area contributed by atoms with Crippen LogP contribution in [0.25, 0.3) is 0 Å². The Morgan fingerprint density at radius 3 is 2.43 bits per heavy atom. The lowest BCUT2D eigenvalue weighted by molar-refractivity contribution is 0.0692. The molecule has 0 aromatic heterocycles. The Balaban J connectivity index is 2.19. The van der Waals surface area contributed by atoms with Gasteiger partial charge in [0.1, 0.15) is 11.3 Å². The van der Waals surface area contributed by atoms with E-state index in [9.17, 15) is 9.90 Å². The number of carboxylic acids is 1. The zero-order valence-corrected chi connectivity index (χ0v) is 14.8. The number of benzene rings is 2. The Morgan fingerprint density at radius 1 is 1.19 bits per heavy atom. The van der Waals surface area contributed by atoms with Gasteiger partial charge in [-0.3, -0.25) is 0 Å². The predicted molar refractivity (Wildman–Crippen MR) is 95.2 cm³/mol. The first-order valence-corrected chi connectivity index (χ1v) is 7.85. The van der Waals surface area contributed by atoms with Crippen molar-refractivity contribution in [2.75, 3.05) is 0 Å². The van der Waals surface area contributed by atoms with Crippen molar-refractivity contribution in [1.29, 1.82) is 0 Å². The zero-order chi connectivity index (χ0) is 15.4. The summed E-state index contributed by atoms with van der Waals surface area (Å²) in [5, 5.41) is 22.5. The normalized spacial score (nSPS) is 10.8. The van der Waals surface area contributed by atoms with Crippen molar-refractivity contribution in [3.8, 4) is 11.5 Å².